The molecule has 1 atom stereocenters. The van der Waals surface area contributed by atoms with E-state index in [4.69, 9.17) is 9.47 Å². The van der Waals surface area contributed by atoms with Crippen LogP contribution in [0, 0.1) is 0 Å². The molecule has 1 aromatic carbocycles. The van der Waals surface area contributed by atoms with E-state index in [2.05, 4.69) is 5.32 Å². The van der Waals surface area contributed by atoms with Crippen LogP contribution in [0.5, 0.6) is 11.5 Å². The van der Waals surface area contributed by atoms with Crippen molar-refractivity contribution in [3.63, 3.8) is 0 Å². The number of carbonyl (C=O) groups is 2. The maximum Gasteiger partial charge on any atom is 0.246 e. The van der Waals surface area contributed by atoms with Gasteiger partial charge in [0.1, 0.15) is 17.0 Å². The number of nitrogens with zero attached hydrogens (tertiary/aromatic N) is 1. The molecule has 6 heteroatoms. The highest BCUT2D eigenvalue weighted by Gasteiger charge is 2.49. The first-order valence-corrected chi connectivity index (χ1v) is 10.0. The van der Waals surface area contributed by atoms with Crippen LogP contribution in [0.1, 0.15) is 59.3 Å². The number of hydrogen-bond donors (Lipinski definition) is 1. The molecule has 6 nitrogen and oxygen atoms in total. The molecule has 1 unspecified atom stereocenters. The predicted molar refractivity (Wildman–Crippen MR) is 104 cm³/mol. The summed E-state index contributed by atoms with van der Waals surface area (Å²) in [5.74, 6) is 1.11. The second-order valence-corrected chi connectivity index (χ2v) is 7.45. The van der Waals surface area contributed by atoms with Crippen molar-refractivity contribution in [1.82, 2.24) is 5.32 Å². The molecule has 148 valence electrons. The molecule has 27 heavy (non-hydrogen) atoms. The Labute approximate surface area is 161 Å². The summed E-state index contributed by atoms with van der Waals surface area (Å²) in [6, 6.07) is 5.66. The molecule has 1 aliphatic heterocycles. The third-order valence-electron chi connectivity index (χ3n) is 5.53. The summed E-state index contributed by atoms with van der Waals surface area (Å²) in [6.45, 7) is 6.67. The van der Waals surface area contributed by atoms with E-state index >= 15 is 0 Å². The van der Waals surface area contributed by atoms with Crippen molar-refractivity contribution < 1.29 is 19.1 Å². The normalized spacial score (nSPS) is 22.9. The Morgan fingerprint density at radius 3 is 2.59 bits per heavy atom. The molecule has 1 saturated heterocycles. The summed E-state index contributed by atoms with van der Waals surface area (Å²) in [6.07, 6.45) is 5.16. The standard InChI is InChI=1S/C21H30N2O4/c1-4-26-16-10-11-18(27-5-2)17(14-16)23-19(24)12-13-21(23,3)20(25)22-15-8-6-7-9-15/h10-11,14-15H,4-9,12-13H2,1-3H3,(H,22,25). The average Bonchev–Trinajstić information content (AvgIpc) is 3.25. The van der Waals surface area contributed by atoms with Crippen LogP contribution < -0.4 is 19.7 Å². The number of nitrogens with one attached hydrogen (secondary N) is 1. The molecule has 2 aliphatic rings. The minimum atomic E-state index is -0.920. The van der Waals surface area contributed by atoms with Gasteiger partial charge in [0, 0.05) is 18.5 Å². The Morgan fingerprint density at radius 1 is 1.22 bits per heavy atom. The molecule has 1 N–H and O–H groups in total. The zero-order chi connectivity index (χ0) is 19.4. The topological polar surface area (TPSA) is 67.9 Å². The van der Waals surface area contributed by atoms with Crippen LogP contribution in [-0.4, -0.2) is 36.6 Å². The van der Waals surface area contributed by atoms with Crippen LogP contribution in [0.2, 0.25) is 0 Å². The van der Waals surface area contributed by atoms with Gasteiger partial charge in [-0.05, 0) is 52.2 Å². The molecular weight excluding hydrogens is 344 g/mol. The number of amides is 2. The van der Waals surface area contributed by atoms with Gasteiger partial charge in [0.2, 0.25) is 11.8 Å². The number of anilines is 1. The van der Waals surface area contributed by atoms with E-state index in [9.17, 15) is 9.59 Å². The van der Waals surface area contributed by atoms with Gasteiger partial charge in [-0.1, -0.05) is 12.8 Å². The molecule has 1 saturated carbocycles. The van der Waals surface area contributed by atoms with Gasteiger partial charge in [0.05, 0.1) is 18.9 Å². The Hall–Kier alpha value is -2.24. The largest absolute Gasteiger partial charge is 0.494 e. The molecular formula is C21H30N2O4. The lowest BCUT2D eigenvalue weighted by Crippen LogP contribution is -2.56. The highest BCUT2D eigenvalue weighted by molar-refractivity contribution is 6.07. The van der Waals surface area contributed by atoms with E-state index in [-0.39, 0.29) is 17.9 Å². The SMILES string of the molecule is CCOc1ccc(OCC)c(N2C(=O)CCC2(C)C(=O)NC2CCCC2)c1. The van der Waals surface area contributed by atoms with E-state index in [1.54, 1.807) is 11.0 Å². The fourth-order valence-electron chi connectivity index (χ4n) is 4.08. The van der Waals surface area contributed by atoms with Crippen molar-refractivity contribution in [2.75, 3.05) is 18.1 Å². The molecule has 1 heterocycles. The molecule has 1 aliphatic carbocycles. The Kier molecular flexibility index (Phi) is 5.92. The van der Waals surface area contributed by atoms with Gasteiger partial charge in [-0.3, -0.25) is 14.5 Å². The zero-order valence-electron chi connectivity index (χ0n) is 16.5. The second kappa shape index (κ2) is 8.19. The molecule has 0 aromatic heterocycles. The van der Waals surface area contributed by atoms with Gasteiger partial charge in [0.15, 0.2) is 0 Å². The summed E-state index contributed by atoms with van der Waals surface area (Å²) in [4.78, 5) is 27.6. The maximum absolute atomic E-state index is 13.2. The minimum absolute atomic E-state index is 0.0614. The smallest absolute Gasteiger partial charge is 0.246 e. The fraction of sp³-hybridized carbons (Fsp3) is 0.619. The van der Waals surface area contributed by atoms with Crippen molar-refractivity contribution in [2.45, 2.75) is 70.9 Å². The first-order chi connectivity index (χ1) is 13.0. The van der Waals surface area contributed by atoms with Gasteiger partial charge in [-0.2, -0.15) is 0 Å². The van der Waals surface area contributed by atoms with Crippen LogP contribution in [-0.2, 0) is 9.59 Å². The summed E-state index contributed by atoms with van der Waals surface area (Å²) >= 11 is 0. The van der Waals surface area contributed by atoms with E-state index in [0.29, 0.717) is 43.2 Å². The van der Waals surface area contributed by atoms with E-state index in [1.807, 2.05) is 32.9 Å². The van der Waals surface area contributed by atoms with E-state index in [1.165, 1.54) is 0 Å². The Morgan fingerprint density at radius 2 is 1.93 bits per heavy atom. The lowest BCUT2D eigenvalue weighted by molar-refractivity contribution is -0.127. The zero-order valence-corrected chi connectivity index (χ0v) is 16.5. The molecule has 1 aromatic rings. The Balaban J connectivity index is 1.95. The minimum Gasteiger partial charge on any atom is -0.494 e. The van der Waals surface area contributed by atoms with Crippen LogP contribution in [0.25, 0.3) is 0 Å². The second-order valence-electron chi connectivity index (χ2n) is 7.45. The number of carbonyl (C=O) groups excluding carboxylic acids is 2. The summed E-state index contributed by atoms with van der Waals surface area (Å²) < 4.78 is 11.4. The van der Waals surface area contributed by atoms with Crippen molar-refractivity contribution >= 4 is 17.5 Å². The Bertz CT molecular complexity index is 699. The predicted octanol–water partition coefficient (Wildman–Crippen LogP) is 3.43. The highest BCUT2D eigenvalue weighted by Crippen LogP contribution is 2.42. The highest BCUT2D eigenvalue weighted by atomic mass is 16.5. The van der Waals surface area contributed by atoms with Crippen LogP contribution in [0.4, 0.5) is 5.69 Å². The lowest BCUT2D eigenvalue weighted by atomic mass is 9.96. The van der Waals surface area contributed by atoms with Gasteiger partial charge >= 0.3 is 0 Å². The van der Waals surface area contributed by atoms with Gasteiger partial charge in [0.25, 0.3) is 0 Å². The molecule has 2 amide bonds. The number of rotatable bonds is 7. The van der Waals surface area contributed by atoms with Crippen molar-refractivity contribution in [3.05, 3.63) is 18.2 Å². The molecule has 2 fully saturated rings. The number of ether oxygens (including phenoxy) is 2. The van der Waals surface area contributed by atoms with Gasteiger partial charge in [-0.15, -0.1) is 0 Å². The van der Waals surface area contributed by atoms with Crippen LogP contribution >= 0.6 is 0 Å². The molecule has 3 rings (SSSR count). The fourth-order valence-corrected chi connectivity index (χ4v) is 4.08. The van der Waals surface area contributed by atoms with Gasteiger partial charge in [-0.25, -0.2) is 0 Å². The molecule has 0 bridgehead atoms. The number of hydrogen-bond acceptors (Lipinski definition) is 4. The van der Waals surface area contributed by atoms with Crippen molar-refractivity contribution in [3.8, 4) is 11.5 Å². The third-order valence-corrected chi connectivity index (χ3v) is 5.53. The van der Waals surface area contributed by atoms with E-state index in [0.717, 1.165) is 25.7 Å². The first-order valence-electron chi connectivity index (χ1n) is 10.0. The third kappa shape index (κ3) is 3.89. The lowest BCUT2D eigenvalue weighted by Gasteiger charge is -2.35. The first kappa shape index (κ1) is 19.5. The van der Waals surface area contributed by atoms with Crippen molar-refractivity contribution in [2.24, 2.45) is 0 Å². The summed E-state index contributed by atoms with van der Waals surface area (Å²) in [5.41, 5.74) is -0.314. The summed E-state index contributed by atoms with van der Waals surface area (Å²) in [5, 5.41) is 3.17. The summed E-state index contributed by atoms with van der Waals surface area (Å²) in [7, 11) is 0. The molecule has 0 radical (unpaired) electrons. The van der Waals surface area contributed by atoms with Crippen LogP contribution in [0.3, 0.4) is 0 Å². The van der Waals surface area contributed by atoms with Crippen molar-refractivity contribution in [1.29, 1.82) is 0 Å². The van der Waals surface area contributed by atoms with E-state index < -0.39 is 5.54 Å². The quantitative estimate of drug-likeness (QED) is 0.794. The monoisotopic (exact) mass is 374 g/mol. The maximum atomic E-state index is 13.2. The number of benzene rings is 1. The van der Waals surface area contributed by atoms with Crippen LogP contribution in [0.15, 0.2) is 18.2 Å². The molecule has 0 spiro atoms. The van der Waals surface area contributed by atoms with Gasteiger partial charge < -0.3 is 14.8 Å². The average molecular weight is 374 g/mol.